The molecule has 0 aromatic heterocycles. The van der Waals surface area contributed by atoms with Crippen molar-refractivity contribution in [2.75, 3.05) is 0 Å². The lowest BCUT2D eigenvalue weighted by Crippen LogP contribution is -2.25. The second-order valence-electron chi connectivity index (χ2n) is 3.36. The van der Waals surface area contributed by atoms with Gasteiger partial charge in [0.15, 0.2) is 0 Å². The van der Waals surface area contributed by atoms with Gasteiger partial charge in [-0.25, -0.2) is 0 Å². The Hall–Kier alpha value is -0.570. The summed E-state index contributed by atoms with van der Waals surface area (Å²) in [5.41, 5.74) is 1.74. The summed E-state index contributed by atoms with van der Waals surface area (Å²) >= 11 is 5.93. The molecule has 0 spiro atoms. The van der Waals surface area contributed by atoms with Gasteiger partial charge in [0.25, 0.3) is 0 Å². The van der Waals surface area contributed by atoms with E-state index < -0.39 is 12.2 Å². The normalized spacial score (nSPS) is 27.0. The predicted molar refractivity (Wildman–Crippen MR) is 50.7 cm³/mol. The molecule has 2 unspecified atom stereocenters. The van der Waals surface area contributed by atoms with Crippen LogP contribution in [0.3, 0.4) is 0 Å². The summed E-state index contributed by atoms with van der Waals surface area (Å²) < 4.78 is 0. The number of benzene rings is 1. The van der Waals surface area contributed by atoms with Crippen LogP contribution >= 0.6 is 11.6 Å². The number of rotatable bonds is 0. The number of aliphatic hydroxyl groups excluding tert-OH is 2. The van der Waals surface area contributed by atoms with Crippen molar-refractivity contribution >= 4 is 11.6 Å². The molecule has 13 heavy (non-hydrogen) atoms. The summed E-state index contributed by atoms with van der Waals surface area (Å²) in [6.07, 6.45) is -0.104. The van der Waals surface area contributed by atoms with E-state index in [1.165, 1.54) is 0 Å². The molecule has 0 bridgehead atoms. The summed E-state index contributed by atoms with van der Waals surface area (Å²) in [6.45, 7) is 0. The van der Waals surface area contributed by atoms with Gasteiger partial charge in [0.05, 0.1) is 6.10 Å². The van der Waals surface area contributed by atoms with Crippen LogP contribution in [0.15, 0.2) is 18.2 Å². The standard InChI is InChI=1S/C10H11ClO2/c11-7-3-1-2-6-4-5-8(12)10(13)9(6)7/h1-3,8,10,12-13H,4-5H2. The Morgan fingerprint density at radius 3 is 2.85 bits per heavy atom. The SMILES string of the molecule is OC1CCc2cccc(Cl)c2C1O. The van der Waals surface area contributed by atoms with E-state index in [-0.39, 0.29) is 0 Å². The molecule has 0 amide bonds. The average molecular weight is 199 g/mol. The molecule has 2 atom stereocenters. The minimum absolute atomic E-state index is 0.545. The van der Waals surface area contributed by atoms with Crippen LogP contribution in [-0.4, -0.2) is 16.3 Å². The second-order valence-corrected chi connectivity index (χ2v) is 3.77. The van der Waals surface area contributed by atoms with E-state index in [2.05, 4.69) is 0 Å². The summed E-state index contributed by atoms with van der Waals surface area (Å²) in [5, 5.41) is 19.7. The first-order valence-corrected chi connectivity index (χ1v) is 4.71. The zero-order valence-corrected chi connectivity index (χ0v) is 7.83. The van der Waals surface area contributed by atoms with Gasteiger partial charge < -0.3 is 10.2 Å². The molecule has 2 rings (SSSR count). The quantitative estimate of drug-likeness (QED) is 0.666. The Balaban J connectivity index is 2.51. The van der Waals surface area contributed by atoms with Crippen LogP contribution in [0.5, 0.6) is 0 Å². The van der Waals surface area contributed by atoms with Crippen molar-refractivity contribution in [3.05, 3.63) is 34.3 Å². The number of hydrogen-bond donors (Lipinski definition) is 2. The fourth-order valence-corrected chi connectivity index (χ4v) is 2.09. The minimum Gasteiger partial charge on any atom is -0.390 e. The first-order valence-electron chi connectivity index (χ1n) is 4.33. The van der Waals surface area contributed by atoms with Gasteiger partial charge in [-0.15, -0.1) is 0 Å². The Morgan fingerprint density at radius 2 is 2.08 bits per heavy atom. The first kappa shape index (κ1) is 9.00. The third kappa shape index (κ3) is 1.46. The molecule has 1 aliphatic carbocycles. The van der Waals surface area contributed by atoms with E-state index in [1.54, 1.807) is 6.07 Å². The smallest absolute Gasteiger partial charge is 0.107 e. The largest absolute Gasteiger partial charge is 0.390 e. The van der Waals surface area contributed by atoms with Crippen LogP contribution in [0.2, 0.25) is 5.02 Å². The van der Waals surface area contributed by atoms with E-state index in [4.69, 9.17) is 11.6 Å². The highest BCUT2D eigenvalue weighted by atomic mass is 35.5. The van der Waals surface area contributed by atoms with Crippen LogP contribution < -0.4 is 0 Å². The van der Waals surface area contributed by atoms with Gasteiger partial charge in [0.1, 0.15) is 6.10 Å². The maximum atomic E-state index is 9.68. The summed E-state index contributed by atoms with van der Waals surface area (Å²) in [7, 11) is 0. The fourth-order valence-electron chi connectivity index (χ4n) is 1.78. The molecular formula is C10H11ClO2. The number of aryl methyl sites for hydroxylation is 1. The Labute approximate surface area is 81.8 Å². The first-order chi connectivity index (χ1) is 6.20. The molecule has 70 valence electrons. The predicted octanol–water partition coefficient (Wildman–Crippen LogP) is 1.68. The molecule has 1 aromatic rings. The highest BCUT2D eigenvalue weighted by Gasteiger charge is 2.27. The van der Waals surface area contributed by atoms with Crippen LogP contribution in [0.1, 0.15) is 23.7 Å². The van der Waals surface area contributed by atoms with Crippen molar-refractivity contribution in [3.63, 3.8) is 0 Å². The van der Waals surface area contributed by atoms with Gasteiger partial charge in [0.2, 0.25) is 0 Å². The van der Waals surface area contributed by atoms with Gasteiger partial charge in [-0.05, 0) is 24.5 Å². The molecule has 0 aliphatic heterocycles. The topological polar surface area (TPSA) is 40.5 Å². The van der Waals surface area contributed by atoms with Gasteiger partial charge in [0, 0.05) is 10.6 Å². The zero-order chi connectivity index (χ0) is 9.42. The Kier molecular flexibility index (Phi) is 2.28. The molecule has 3 heteroatoms. The summed E-state index contributed by atoms with van der Waals surface area (Å²) in [6, 6.07) is 5.55. The third-order valence-corrected chi connectivity index (χ3v) is 2.84. The van der Waals surface area contributed by atoms with Crippen molar-refractivity contribution < 1.29 is 10.2 Å². The summed E-state index contributed by atoms with van der Waals surface area (Å²) in [5.74, 6) is 0. The van der Waals surface area contributed by atoms with Gasteiger partial charge in [-0.3, -0.25) is 0 Å². The molecule has 0 saturated carbocycles. The van der Waals surface area contributed by atoms with E-state index in [0.29, 0.717) is 17.0 Å². The molecular weight excluding hydrogens is 188 g/mol. The molecule has 0 radical (unpaired) electrons. The van der Waals surface area contributed by atoms with Gasteiger partial charge in [-0.2, -0.15) is 0 Å². The monoisotopic (exact) mass is 198 g/mol. The number of aliphatic hydroxyl groups is 2. The maximum absolute atomic E-state index is 9.68. The molecule has 2 N–H and O–H groups in total. The van der Waals surface area contributed by atoms with E-state index in [9.17, 15) is 10.2 Å². The third-order valence-electron chi connectivity index (χ3n) is 2.51. The lowest BCUT2D eigenvalue weighted by atomic mass is 9.87. The van der Waals surface area contributed by atoms with Crippen LogP contribution in [0.25, 0.3) is 0 Å². The van der Waals surface area contributed by atoms with Gasteiger partial charge in [-0.1, -0.05) is 23.7 Å². The van der Waals surface area contributed by atoms with Crippen LogP contribution in [0.4, 0.5) is 0 Å². The van der Waals surface area contributed by atoms with Crippen LogP contribution in [-0.2, 0) is 6.42 Å². The molecule has 1 aliphatic rings. The lowest BCUT2D eigenvalue weighted by molar-refractivity contribution is 0.00656. The van der Waals surface area contributed by atoms with E-state index >= 15 is 0 Å². The maximum Gasteiger partial charge on any atom is 0.107 e. The second kappa shape index (κ2) is 3.29. The highest BCUT2D eigenvalue weighted by Crippen LogP contribution is 2.34. The van der Waals surface area contributed by atoms with E-state index in [1.807, 2.05) is 12.1 Å². The Morgan fingerprint density at radius 1 is 1.31 bits per heavy atom. The molecule has 0 heterocycles. The number of halogens is 1. The van der Waals surface area contributed by atoms with Crippen LogP contribution in [0, 0.1) is 0 Å². The van der Waals surface area contributed by atoms with Crippen molar-refractivity contribution in [3.8, 4) is 0 Å². The van der Waals surface area contributed by atoms with Crippen molar-refractivity contribution in [1.29, 1.82) is 0 Å². The summed E-state index contributed by atoms with van der Waals surface area (Å²) in [4.78, 5) is 0. The number of fused-ring (bicyclic) bond motifs is 1. The fraction of sp³-hybridized carbons (Fsp3) is 0.400. The zero-order valence-electron chi connectivity index (χ0n) is 7.07. The average Bonchev–Trinajstić information content (AvgIpc) is 2.12. The van der Waals surface area contributed by atoms with E-state index in [0.717, 1.165) is 12.0 Å². The molecule has 0 saturated heterocycles. The van der Waals surface area contributed by atoms with Crippen molar-refractivity contribution in [1.82, 2.24) is 0 Å². The minimum atomic E-state index is -0.822. The highest BCUT2D eigenvalue weighted by molar-refractivity contribution is 6.31. The van der Waals surface area contributed by atoms with Gasteiger partial charge >= 0.3 is 0 Å². The van der Waals surface area contributed by atoms with Crippen molar-refractivity contribution in [2.24, 2.45) is 0 Å². The lowest BCUT2D eigenvalue weighted by Gasteiger charge is -2.27. The molecule has 1 aromatic carbocycles. The molecule has 0 fully saturated rings. The molecule has 2 nitrogen and oxygen atoms in total. The Bertz CT molecular complexity index is 325. The number of hydrogen-bond acceptors (Lipinski definition) is 2. The van der Waals surface area contributed by atoms with Crippen molar-refractivity contribution in [2.45, 2.75) is 25.0 Å².